The fraction of sp³-hybridized carbons (Fsp3) is 0.353. The number of halogens is 1. The third kappa shape index (κ3) is 3.22. The second-order valence-corrected chi connectivity index (χ2v) is 5.80. The monoisotopic (exact) mass is 318 g/mol. The summed E-state index contributed by atoms with van der Waals surface area (Å²) in [6.07, 6.45) is 1.66. The molecule has 0 amide bonds. The summed E-state index contributed by atoms with van der Waals surface area (Å²) in [7, 11) is 1.68. The zero-order valence-corrected chi connectivity index (χ0v) is 12.9. The van der Waals surface area contributed by atoms with Gasteiger partial charge in [-0.05, 0) is 12.1 Å². The normalized spacial score (nSPS) is 14.7. The molecule has 0 radical (unpaired) electrons. The summed E-state index contributed by atoms with van der Waals surface area (Å²) in [5.74, 6) is 0.607. The number of aliphatic hydroxyl groups is 1. The summed E-state index contributed by atoms with van der Waals surface area (Å²) in [5.41, 5.74) is 0.758. The molecule has 5 nitrogen and oxygen atoms in total. The van der Waals surface area contributed by atoms with E-state index >= 15 is 0 Å². The predicted octanol–water partition coefficient (Wildman–Crippen LogP) is 1.53. The van der Waals surface area contributed by atoms with Crippen LogP contribution in [0.1, 0.15) is 5.56 Å². The Kier molecular flexibility index (Phi) is 4.34. The topological polar surface area (TPSA) is 54.7 Å². The third-order valence-electron chi connectivity index (χ3n) is 4.07. The summed E-state index contributed by atoms with van der Waals surface area (Å²) in [6.45, 7) is 1.64. The van der Waals surface area contributed by atoms with E-state index in [2.05, 4.69) is 0 Å². The van der Waals surface area contributed by atoms with Gasteiger partial charge in [0.05, 0.1) is 18.9 Å². The Morgan fingerprint density at radius 2 is 2.09 bits per heavy atom. The van der Waals surface area contributed by atoms with Crippen LogP contribution in [0.5, 0.6) is 5.75 Å². The molecule has 23 heavy (non-hydrogen) atoms. The highest BCUT2D eigenvalue weighted by Crippen LogP contribution is 2.29. The van der Waals surface area contributed by atoms with Crippen molar-refractivity contribution >= 4 is 5.69 Å². The highest BCUT2D eigenvalue weighted by atomic mass is 19.1. The summed E-state index contributed by atoms with van der Waals surface area (Å²) >= 11 is 0. The summed E-state index contributed by atoms with van der Waals surface area (Å²) in [6, 6.07) is 8.18. The Hall–Kier alpha value is -2.34. The van der Waals surface area contributed by atoms with Crippen molar-refractivity contribution in [1.82, 2.24) is 4.57 Å². The average molecular weight is 318 g/mol. The number of hydrogen-bond donors (Lipinski definition) is 1. The molecule has 0 atom stereocenters. The van der Waals surface area contributed by atoms with Gasteiger partial charge in [-0.25, -0.2) is 4.39 Å². The maximum absolute atomic E-state index is 14.1. The van der Waals surface area contributed by atoms with Crippen LogP contribution in [-0.4, -0.2) is 29.4 Å². The number of nitrogens with zero attached hydrogens (tertiary/aromatic N) is 2. The van der Waals surface area contributed by atoms with E-state index in [1.165, 1.54) is 10.6 Å². The Labute approximate surface area is 133 Å². The second-order valence-electron chi connectivity index (χ2n) is 5.80. The summed E-state index contributed by atoms with van der Waals surface area (Å²) in [4.78, 5) is 13.2. The van der Waals surface area contributed by atoms with Gasteiger partial charge in [-0.2, -0.15) is 0 Å². The minimum absolute atomic E-state index is 0.0774. The molecule has 6 heteroatoms. The van der Waals surface area contributed by atoms with Crippen molar-refractivity contribution in [3.63, 3.8) is 0 Å². The number of pyridine rings is 1. The van der Waals surface area contributed by atoms with Crippen molar-refractivity contribution in [2.75, 3.05) is 24.6 Å². The second kappa shape index (κ2) is 6.42. The van der Waals surface area contributed by atoms with Gasteiger partial charge in [0.1, 0.15) is 5.75 Å². The van der Waals surface area contributed by atoms with Crippen LogP contribution in [0.4, 0.5) is 10.1 Å². The Bertz CT molecular complexity index is 754. The van der Waals surface area contributed by atoms with Crippen molar-refractivity contribution in [1.29, 1.82) is 0 Å². The van der Waals surface area contributed by atoms with Gasteiger partial charge in [0.2, 0.25) is 5.56 Å². The summed E-state index contributed by atoms with van der Waals surface area (Å²) < 4.78 is 21.3. The fourth-order valence-electron chi connectivity index (χ4n) is 2.67. The number of aryl methyl sites for hydroxylation is 1. The smallest absolute Gasteiger partial charge is 0.250 e. The van der Waals surface area contributed by atoms with E-state index in [0.29, 0.717) is 42.6 Å². The molecule has 1 aromatic carbocycles. The quantitative estimate of drug-likeness (QED) is 0.908. The van der Waals surface area contributed by atoms with Gasteiger partial charge in [-0.1, -0.05) is 12.1 Å². The molecule has 0 saturated carbocycles. The molecule has 2 aromatic rings. The van der Waals surface area contributed by atoms with Gasteiger partial charge < -0.3 is 19.3 Å². The number of rotatable bonds is 5. The minimum atomic E-state index is -0.354. The van der Waals surface area contributed by atoms with Crippen LogP contribution in [0.3, 0.4) is 0 Å². The van der Waals surface area contributed by atoms with Crippen LogP contribution in [-0.2, 0) is 13.7 Å². The van der Waals surface area contributed by atoms with Crippen LogP contribution >= 0.6 is 0 Å². The average Bonchev–Trinajstić information content (AvgIpc) is 2.50. The first-order valence-electron chi connectivity index (χ1n) is 7.51. The first kappa shape index (κ1) is 15.6. The maximum atomic E-state index is 14.1. The van der Waals surface area contributed by atoms with E-state index in [0.717, 1.165) is 0 Å². The molecule has 1 aliphatic rings. The lowest BCUT2D eigenvalue weighted by Crippen LogP contribution is -2.49. The highest BCUT2D eigenvalue weighted by Gasteiger charge is 2.29. The van der Waals surface area contributed by atoms with Gasteiger partial charge in [-0.15, -0.1) is 0 Å². The molecule has 1 aliphatic heterocycles. The molecule has 1 aromatic heterocycles. The highest BCUT2D eigenvalue weighted by molar-refractivity contribution is 5.52. The molecule has 0 unspecified atom stereocenters. The largest absolute Gasteiger partial charge is 0.492 e. The van der Waals surface area contributed by atoms with Gasteiger partial charge >= 0.3 is 0 Å². The Morgan fingerprint density at radius 3 is 2.78 bits per heavy atom. The van der Waals surface area contributed by atoms with Crippen molar-refractivity contribution < 1.29 is 14.2 Å². The van der Waals surface area contributed by atoms with Crippen LogP contribution in [0.25, 0.3) is 0 Å². The molecule has 0 bridgehead atoms. The van der Waals surface area contributed by atoms with E-state index < -0.39 is 0 Å². The van der Waals surface area contributed by atoms with Crippen molar-refractivity contribution in [2.24, 2.45) is 13.0 Å². The van der Waals surface area contributed by atoms with Crippen LogP contribution in [0.2, 0.25) is 0 Å². The van der Waals surface area contributed by atoms with Crippen LogP contribution < -0.4 is 15.2 Å². The molecule has 122 valence electrons. The lowest BCUT2D eigenvalue weighted by Gasteiger charge is -2.41. The van der Waals surface area contributed by atoms with Crippen LogP contribution in [0.15, 0.2) is 41.3 Å². The zero-order chi connectivity index (χ0) is 16.4. The number of hydrogen-bond acceptors (Lipinski definition) is 4. The number of anilines is 1. The molecule has 0 spiro atoms. The molecule has 2 heterocycles. The fourth-order valence-corrected chi connectivity index (χ4v) is 2.67. The Balaban J connectivity index is 1.55. The maximum Gasteiger partial charge on any atom is 0.250 e. The van der Waals surface area contributed by atoms with E-state index in [4.69, 9.17) is 9.84 Å². The lowest BCUT2D eigenvalue weighted by atomic mass is 9.99. The van der Waals surface area contributed by atoms with Gasteiger partial charge in [-0.3, -0.25) is 4.79 Å². The van der Waals surface area contributed by atoms with Crippen molar-refractivity contribution in [3.05, 3.63) is 58.3 Å². The first-order valence-corrected chi connectivity index (χ1v) is 7.51. The van der Waals surface area contributed by atoms with Crippen molar-refractivity contribution in [2.45, 2.75) is 6.61 Å². The van der Waals surface area contributed by atoms with Crippen LogP contribution in [0, 0.1) is 11.7 Å². The standard InChI is InChI=1S/C17H19FN2O3/c1-19-9-14(5-6-16(19)22)23-11-12-7-20(8-12)15-4-2-3-13(10-21)17(15)18/h2-6,9,12,21H,7-8,10-11H2,1H3. The number of aliphatic hydroxyl groups excluding tert-OH is 1. The molecular formula is C17H19FN2O3. The molecule has 1 saturated heterocycles. The molecule has 1 N–H and O–H groups in total. The third-order valence-corrected chi connectivity index (χ3v) is 4.07. The van der Waals surface area contributed by atoms with E-state index in [9.17, 15) is 9.18 Å². The van der Waals surface area contributed by atoms with E-state index in [1.54, 1.807) is 37.5 Å². The minimum Gasteiger partial charge on any atom is -0.492 e. The molecular weight excluding hydrogens is 299 g/mol. The first-order chi connectivity index (χ1) is 11.1. The molecule has 1 fully saturated rings. The molecule has 3 rings (SSSR count). The molecule has 0 aliphatic carbocycles. The number of aromatic nitrogens is 1. The van der Waals surface area contributed by atoms with Gasteiger partial charge in [0.15, 0.2) is 5.82 Å². The predicted molar refractivity (Wildman–Crippen MR) is 85.2 cm³/mol. The summed E-state index contributed by atoms with van der Waals surface area (Å²) in [5, 5.41) is 9.12. The van der Waals surface area contributed by atoms with E-state index in [1.807, 2.05) is 4.90 Å². The van der Waals surface area contributed by atoms with Gasteiger partial charge in [0.25, 0.3) is 0 Å². The lowest BCUT2D eigenvalue weighted by molar-refractivity contribution is 0.218. The van der Waals surface area contributed by atoms with Crippen molar-refractivity contribution in [3.8, 4) is 5.75 Å². The SMILES string of the molecule is Cn1cc(OCC2CN(c3cccc(CO)c3F)C2)ccc1=O. The number of ether oxygens (including phenoxy) is 1. The Morgan fingerprint density at radius 1 is 1.30 bits per heavy atom. The number of benzene rings is 1. The zero-order valence-electron chi connectivity index (χ0n) is 12.9. The van der Waals surface area contributed by atoms with E-state index in [-0.39, 0.29) is 18.0 Å². The van der Waals surface area contributed by atoms with Gasteiger partial charge in [0, 0.05) is 43.9 Å².